The molecule has 4 nitrogen and oxygen atoms in total. The van der Waals surface area contributed by atoms with Crippen molar-refractivity contribution < 1.29 is 14.1 Å². The number of amides is 1. The van der Waals surface area contributed by atoms with Crippen LogP contribution in [0.25, 0.3) is 0 Å². The summed E-state index contributed by atoms with van der Waals surface area (Å²) >= 11 is 0. The fourth-order valence-electron chi connectivity index (χ4n) is 2.20. The molecule has 0 saturated heterocycles. The Morgan fingerprint density at radius 2 is 2.05 bits per heavy atom. The number of halogens is 1. The number of carbonyl (C=O) groups is 1. The van der Waals surface area contributed by atoms with E-state index in [1.165, 1.54) is 12.1 Å². The lowest BCUT2D eigenvalue weighted by Gasteiger charge is -2.14. The van der Waals surface area contributed by atoms with Crippen molar-refractivity contribution in [2.24, 2.45) is 0 Å². The molecule has 2 rings (SSSR count). The maximum Gasteiger partial charge on any atom is 0.279 e. The minimum atomic E-state index is -0.275. The van der Waals surface area contributed by atoms with Gasteiger partial charge in [0.25, 0.3) is 5.91 Å². The fraction of sp³-hybridized carbons (Fsp3) is 0.176. The summed E-state index contributed by atoms with van der Waals surface area (Å²) in [7, 11) is 1.87. The smallest absolute Gasteiger partial charge is 0.279 e. The molecule has 0 fully saturated rings. The highest BCUT2D eigenvalue weighted by Gasteiger charge is 2.11. The van der Waals surface area contributed by atoms with Crippen molar-refractivity contribution in [3.05, 3.63) is 65.5 Å². The molecule has 0 aromatic heterocycles. The Morgan fingerprint density at radius 3 is 2.77 bits per heavy atom. The van der Waals surface area contributed by atoms with Crippen LogP contribution in [0.15, 0.2) is 48.5 Å². The molecule has 2 aromatic rings. The number of anilines is 1. The van der Waals surface area contributed by atoms with Crippen LogP contribution in [0, 0.1) is 17.1 Å². The van der Waals surface area contributed by atoms with E-state index in [-0.39, 0.29) is 18.3 Å². The second-order valence-electron chi connectivity index (χ2n) is 5.18. The number of carbonyl (C=O) groups excluding carboxylic acids is 1. The summed E-state index contributed by atoms with van der Waals surface area (Å²) in [5, 5.41) is 11.6. The summed E-state index contributed by atoms with van der Waals surface area (Å²) < 4.78 is 13.1. The molecular weight excluding hydrogens is 281 g/mol. The Labute approximate surface area is 128 Å². The largest absolute Gasteiger partial charge is 0.326 e. The predicted molar refractivity (Wildman–Crippen MR) is 81.6 cm³/mol. The number of benzene rings is 2. The molecule has 0 aliphatic rings. The minimum Gasteiger partial charge on any atom is -0.326 e. The molecule has 0 saturated carbocycles. The lowest BCUT2D eigenvalue weighted by Crippen LogP contribution is -3.08. The quantitative estimate of drug-likeness (QED) is 0.875. The molecule has 0 heterocycles. The van der Waals surface area contributed by atoms with Gasteiger partial charge >= 0.3 is 0 Å². The standard InChI is InChI=1S/C17H16FN3O/c1-21(11-14-5-2-6-15(18)8-14)12-17(22)20-16-7-3-4-13(9-16)10-19/h2-9H,11-12H2,1H3,(H,20,22)/p+1. The summed E-state index contributed by atoms with van der Waals surface area (Å²) in [6.07, 6.45) is 0. The van der Waals surface area contributed by atoms with E-state index in [0.29, 0.717) is 17.8 Å². The van der Waals surface area contributed by atoms with Gasteiger partial charge in [-0.05, 0) is 30.3 Å². The number of nitriles is 1. The van der Waals surface area contributed by atoms with E-state index in [1.807, 2.05) is 19.2 Å². The van der Waals surface area contributed by atoms with Crippen LogP contribution >= 0.6 is 0 Å². The van der Waals surface area contributed by atoms with Crippen LogP contribution in [-0.4, -0.2) is 19.5 Å². The van der Waals surface area contributed by atoms with Crippen molar-refractivity contribution >= 4 is 11.6 Å². The Hall–Kier alpha value is -2.71. The Kier molecular flexibility index (Phi) is 5.23. The third kappa shape index (κ3) is 4.69. The maximum atomic E-state index is 13.1. The molecule has 112 valence electrons. The van der Waals surface area contributed by atoms with Crippen LogP contribution in [0.2, 0.25) is 0 Å². The first-order valence-electron chi connectivity index (χ1n) is 6.92. The average molecular weight is 298 g/mol. The van der Waals surface area contributed by atoms with Gasteiger partial charge in [0.15, 0.2) is 6.54 Å². The summed E-state index contributed by atoms with van der Waals surface area (Å²) in [6, 6.07) is 15.1. The highest BCUT2D eigenvalue weighted by Crippen LogP contribution is 2.09. The molecule has 1 atom stereocenters. The maximum absolute atomic E-state index is 13.1. The Balaban J connectivity index is 1.90. The summed E-state index contributed by atoms with van der Waals surface area (Å²) in [6.45, 7) is 0.816. The Bertz CT molecular complexity index is 709. The molecule has 0 radical (unpaired) electrons. The van der Waals surface area contributed by atoms with E-state index < -0.39 is 0 Å². The number of hydrogen-bond acceptors (Lipinski definition) is 2. The molecule has 0 spiro atoms. The number of nitrogens with one attached hydrogen (secondary N) is 2. The van der Waals surface area contributed by atoms with Crippen LogP contribution < -0.4 is 10.2 Å². The van der Waals surface area contributed by atoms with Crippen molar-refractivity contribution in [1.82, 2.24) is 0 Å². The molecule has 0 bridgehead atoms. The molecule has 2 N–H and O–H groups in total. The number of nitrogens with zero attached hydrogens (tertiary/aromatic N) is 1. The molecule has 2 aromatic carbocycles. The molecule has 1 unspecified atom stereocenters. The SMILES string of the molecule is C[NH+](CC(=O)Nc1cccc(C#N)c1)Cc1cccc(F)c1. The second kappa shape index (κ2) is 7.34. The lowest BCUT2D eigenvalue weighted by atomic mass is 10.2. The number of likely N-dealkylation sites (N-methyl/N-ethyl adjacent to an activating group) is 1. The van der Waals surface area contributed by atoms with Gasteiger partial charge in [0.05, 0.1) is 18.7 Å². The summed E-state index contributed by atoms with van der Waals surface area (Å²) in [4.78, 5) is 12.9. The average Bonchev–Trinajstić information content (AvgIpc) is 2.47. The summed E-state index contributed by atoms with van der Waals surface area (Å²) in [5.74, 6) is -0.424. The molecular formula is C17H17FN3O+. The first-order valence-corrected chi connectivity index (χ1v) is 6.92. The van der Waals surface area contributed by atoms with Crippen LogP contribution in [0.3, 0.4) is 0 Å². The van der Waals surface area contributed by atoms with Gasteiger partial charge < -0.3 is 10.2 Å². The van der Waals surface area contributed by atoms with Gasteiger partial charge in [-0.25, -0.2) is 4.39 Å². The zero-order valence-corrected chi connectivity index (χ0v) is 12.3. The monoisotopic (exact) mass is 298 g/mol. The number of quaternary nitrogens is 1. The third-order valence-corrected chi connectivity index (χ3v) is 3.13. The van der Waals surface area contributed by atoms with Crippen molar-refractivity contribution in [2.75, 3.05) is 18.9 Å². The molecule has 0 aliphatic heterocycles. The van der Waals surface area contributed by atoms with E-state index >= 15 is 0 Å². The highest BCUT2D eigenvalue weighted by molar-refractivity contribution is 5.91. The van der Waals surface area contributed by atoms with Crippen molar-refractivity contribution in [2.45, 2.75) is 6.54 Å². The van der Waals surface area contributed by atoms with Crippen molar-refractivity contribution in [3.63, 3.8) is 0 Å². The topological polar surface area (TPSA) is 57.3 Å². The van der Waals surface area contributed by atoms with E-state index in [1.54, 1.807) is 30.3 Å². The van der Waals surface area contributed by atoms with Gasteiger partial charge in [-0.1, -0.05) is 18.2 Å². The lowest BCUT2D eigenvalue weighted by molar-refractivity contribution is -0.885. The zero-order valence-electron chi connectivity index (χ0n) is 12.3. The number of hydrogen-bond donors (Lipinski definition) is 2. The van der Waals surface area contributed by atoms with E-state index in [9.17, 15) is 9.18 Å². The van der Waals surface area contributed by atoms with E-state index in [0.717, 1.165) is 10.5 Å². The van der Waals surface area contributed by atoms with E-state index in [2.05, 4.69) is 5.32 Å². The molecule has 5 heteroatoms. The van der Waals surface area contributed by atoms with Crippen LogP contribution in [0.5, 0.6) is 0 Å². The second-order valence-corrected chi connectivity index (χ2v) is 5.18. The van der Waals surface area contributed by atoms with Gasteiger partial charge in [-0.2, -0.15) is 5.26 Å². The van der Waals surface area contributed by atoms with Crippen molar-refractivity contribution in [3.8, 4) is 6.07 Å². The normalized spacial score (nSPS) is 11.5. The van der Waals surface area contributed by atoms with Gasteiger partial charge in [0, 0.05) is 11.3 Å². The van der Waals surface area contributed by atoms with Gasteiger partial charge in [0.2, 0.25) is 0 Å². The third-order valence-electron chi connectivity index (χ3n) is 3.13. The minimum absolute atomic E-state index is 0.149. The predicted octanol–water partition coefficient (Wildman–Crippen LogP) is 1.35. The van der Waals surface area contributed by atoms with Gasteiger partial charge in [-0.15, -0.1) is 0 Å². The van der Waals surface area contributed by atoms with Crippen LogP contribution in [-0.2, 0) is 11.3 Å². The molecule has 0 aliphatic carbocycles. The number of rotatable bonds is 5. The fourth-order valence-corrected chi connectivity index (χ4v) is 2.20. The van der Waals surface area contributed by atoms with E-state index in [4.69, 9.17) is 5.26 Å². The molecule has 22 heavy (non-hydrogen) atoms. The van der Waals surface area contributed by atoms with Crippen molar-refractivity contribution in [1.29, 1.82) is 5.26 Å². The van der Waals surface area contributed by atoms with Gasteiger partial charge in [-0.3, -0.25) is 4.79 Å². The first kappa shape index (κ1) is 15.7. The van der Waals surface area contributed by atoms with Crippen LogP contribution in [0.4, 0.5) is 10.1 Å². The van der Waals surface area contributed by atoms with Gasteiger partial charge in [0.1, 0.15) is 12.4 Å². The highest BCUT2D eigenvalue weighted by atomic mass is 19.1. The summed E-state index contributed by atoms with van der Waals surface area (Å²) in [5.41, 5.74) is 1.94. The zero-order chi connectivity index (χ0) is 15.9. The Morgan fingerprint density at radius 1 is 1.27 bits per heavy atom. The first-order chi connectivity index (χ1) is 10.6. The molecule has 1 amide bonds. The van der Waals surface area contributed by atoms with Crippen LogP contribution in [0.1, 0.15) is 11.1 Å².